The number of anilines is 2. The molecule has 2 fully saturated rings. The van der Waals surface area contributed by atoms with Crippen molar-refractivity contribution in [3.05, 3.63) is 24.3 Å². The van der Waals surface area contributed by atoms with Crippen molar-refractivity contribution in [3.8, 4) is 0 Å². The smallest absolute Gasteiger partial charge is 0.250 e. The highest BCUT2D eigenvalue weighted by atomic mass is 16.2. The number of para-hydroxylation sites is 2. The number of piperidine rings is 1. The van der Waals surface area contributed by atoms with Gasteiger partial charge in [0.05, 0.1) is 17.3 Å². The molecule has 0 saturated carbocycles. The fraction of sp³-hybridized carbons (Fsp3) is 0.600. The molecule has 6 nitrogen and oxygen atoms in total. The Kier molecular flexibility index (Phi) is 4.39. The molecule has 0 aromatic heterocycles. The van der Waals surface area contributed by atoms with Crippen LogP contribution in [0.25, 0.3) is 0 Å². The average Bonchev–Trinajstić information content (AvgIpc) is 3.13. The van der Waals surface area contributed by atoms with Crippen LogP contribution < -0.4 is 10.6 Å². The van der Waals surface area contributed by atoms with Crippen LogP contribution in [0, 0.1) is 5.92 Å². The predicted molar refractivity (Wildman–Crippen MR) is 102 cm³/mol. The lowest BCUT2D eigenvalue weighted by atomic mass is 9.84. The van der Waals surface area contributed by atoms with Crippen molar-refractivity contribution in [1.82, 2.24) is 9.80 Å². The molecular weight excluding hydrogens is 328 g/mol. The van der Waals surface area contributed by atoms with Crippen LogP contribution in [0.4, 0.5) is 11.4 Å². The number of nitrogens with one attached hydrogen (secondary N) is 2. The first-order chi connectivity index (χ1) is 12.5. The summed E-state index contributed by atoms with van der Waals surface area (Å²) in [4.78, 5) is 29.9. The van der Waals surface area contributed by atoms with Gasteiger partial charge in [0, 0.05) is 25.7 Å². The van der Waals surface area contributed by atoms with E-state index in [0.717, 1.165) is 30.9 Å². The second-order valence-electron chi connectivity index (χ2n) is 8.11. The number of hydrogen-bond donors (Lipinski definition) is 2. The van der Waals surface area contributed by atoms with Gasteiger partial charge in [-0.05, 0) is 51.8 Å². The fourth-order valence-corrected chi connectivity index (χ4v) is 4.43. The third-order valence-corrected chi connectivity index (χ3v) is 6.21. The number of rotatable bonds is 2. The van der Waals surface area contributed by atoms with Crippen molar-refractivity contribution in [3.63, 3.8) is 0 Å². The Balaban J connectivity index is 1.40. The third kappa shape index (κ3) is 2.96. The van der Waals surface area contributed by atoms with Gasteiger partial charge >= 0.3 is 0 Å². The van der Waals surface area contributed by atoms with E-state index in [9.17, 15) is 9.59 Å². The molecule has 0 aliphatic carbocycles. The lowest BCUT2D eigenvalue weighted by Gasteiger charge is -2.44. The molecule has 3 aliphatic rings. The van der Waals surface area contributed by atoms with Crippen molar-refractivity contribution in [2.24, 2.45) is 5.92 Å². The number of carbonyl (C=O) groups is 2. The summed E-state index contributed by atoms with van der Waals surface area (Å²) in [6, 6.07) is 8.28. The number of nitrogens with zero attached hydrogens (tertiary/aromatic N) is 2. The SMILES string of the molecule is CC(C)N1CC[C@H](C(=O)N2CCC3(CC2)Nc2ccccc2NC3=O)C1. The molecule has 1 spiro atoms. The topological polar surface area (TPSA) is 64.7 Å². The van der Waals surface area contributed by atoms with Crippen LogP contribution in [-0.2, 0) is 9.59 Å². The summed E-state index contributed by atoms with van der Waals surface area (Å²) in [5, 5.41) is 6.48. The minimum Gasteiger partial charge on any atom is -0.369 e. The number of amides is 2. The minimum atomic E-state index is -0.592. The van der Waals surface area contributed by atoms with E-state index in [4.69, 9.17) is 0 Å². The van der Waals surface area contributed by atoms with E-state index in [0.29, 0.717) is 32.0 Å². The number of hydrogen-bond acceptors (Lipinski definition) is 4. The summed E-state index contributed by atoms with van der Waals surface area (Å²) in [7, 11) is 0. The maximum absolute atomic E-state index is 12.9. The summed E-state index contributed by atoms with van der Waals surface area (Å²) in [6.07, 6.45) is 2.25. The Hall–Kier alpha value is -2.08. The van der Waals surface area contributed by atoms with E-state index < -0.39 is 5.54 Å². The van der Waals surface area contributed by atoms with Crippen molar-refractivity contribution in [2.75, 3.05) is 36.8 Å². The zero-order valence-corrected chi connectivity index (χ0v) is 15.6. The van der Waals surface area contributed by atoms with E-state index in [1.54, 1.807) is 0 Å². The van der Waals surface area contributed by atoms with Crippen molar-refractivity contribution in [1.29, 1.82) is 0 Å². The molecule has 2 amide bonds. The molecule has 1 aromatic rings. The van der Waals surface area contributed by atoms with Crippen LogP contribution in [0.5, 0.6) is 0 Å². The molecule has 3 heterocycles. The molecule has 3 aliphatic heterocycles. The molecular formula is C20H28N4O2. The molecule has 140 valence electrons. The molecule has 0 unspecified atom stereocenters. The molecule has 26 heavy (non-hydrogen) atoms. The minimum absolute atomic E-state index is 0.0233. The Morgan fingerprint density at radius 2 is 1.85 bits per heavy atom. The normalized spacial score (nSPS) is 25.1. The van der Waals surface area contributed by atoms with Gasteiger partial charge in [0.2, 0.25) is 11.8 Å². The summed E-state index contributed by atoms with van der Waals surface area (Å²) >= 11 is 0. The van der Waals surface area contributed by atoms with Gasteiger partial charge < -0.3 is 20.4 Å². The summed E-state index contributed by atoms with van der Waals surface area (Å²) in [5.41, 5.74) is 1.21. The second kappa shape index (κ2) is 6.58. The summed E-state index contributed by atoms with van der Waals surface area (Å²) < 4.78 is 0. The van der Waals surface area contributed by atoms with Crippen molar-refractivity contribution >= 4 is 23.2 Å². The van der Waals surface area contributed by atoms with Crippen LogP contribution >= 0.6 is 0 Å². The zero-order chi connectivity index (χ0) is 18.3. The Bertz CT molecular complexity index is 710. The number of fused-ring (bicyclic) bond motifs is 1. The van der Waals surface area contributed by atoms with E-state index in [1.807, 2.05) is 29.2 Å². The first-order valence-corrected chi connectivity index (χ1v) is 9.70. The highest BCUT2D eigenvalue weighted by Crippen LogP contribution is 2.36. The largest absolute Gasteiger partial charge is 0.369 e. The lowest BCUT2D eigenvalue weighted by Crippen LogP contribution is -2.59. The van der Waals surface area contributed by atoms with E-state index >= 15 is 0 Å². The summed E-state index contributed by atoms with van der Waals surface area (Å²) in [5.74, 6) is 0.398. The molecule has 0 radical (unpaired) electrons. The van der Waals surface area contributed by atoms with Gasteiger partial charge in [-0.3, -0.25) is 9.59 Å². The lowest BCUT2D eigenvalue weighted by molar-refractivity contribution is -0.138. The highest BCUT2D eigenvalue weighted by Gasteiger charge is 2.45. The van der Waals surface area contributed by atoms with Gasteiger partial charge in [-0.15, -0.1) is 0 Å². The maximum Gasteiger partial charge on any atom is 0.250 e. The summed E-state index contributed by atoms with van der Waals surface area (Å²) in [6.45, 7) is 7.52. The van der Waals surface area contributed by atoms with Crippen molar-refractivity contribution < 1.29 is 9.59 Å². The van der Waals surface area contributed by atoms with Crippen LogP contribution in [0.2, 0.25) is 0 Å². The Morgan fingerprint density at radius 3 is 2.50 bits per heavy atom. The Morgan fingerprint density at radius 1 is 1.15 bits per heavy atom. The van der Waals surface area contributed by atoms with Crippen molar-refractivity contribution in [2.45, 2.75) is 44.7 Å². The monoisotopic (exact) mass is 356 g/mol. The van der Waals surface area contributed by atoms with Gasteiger partial charge in [-0.25, -0.2) is 0 Å². The molecule has 4 rings (SSSR count). The van der Waals surface area contributed by atoms with Crippen LogP contribution in [0.15, 0.2) is 24.3 Å². The van der Waals surface area contributed by atoms with E-state index in [1.165, 1.54) is 0 Å². The first kappa shape index (κ1) is 17.3. The molecule has 0 bridgehead atoms. The molecule has 2 saturated heterocycles. The molecule has 1 aromatic carbocycles. The maximum atomic E-state index is 12.9. The fourth-order valence-electron chi connectivity index (χ4n) is 4.43. The van der Waals surface area contributed by atoms with Gasteiger partial charge in [-0.2, -0.15) is 0 Å². The third-order valence-electron chi connectivity index (χ3n) is 6.21. The molecule has 6 heteroatoms. The predicted octanol–water partition coefficient (Wildman–Crippen LogP) is 2.14. The van der Waals surface area contributed by atoms with Crippen LogP contribution in [0.1, 0.15) is 33.1 Å². The number of likely N-dealkylation sites (tertiary alicyclic amines) is 2. The van der Waals surface area contributed by atoms with Gasteiger partial charge in [-0.1, -0.05) is 12.1 Å². The number of carbonyl (C=O) groups excluding carboxylic acids is 2. The Labute approximate surface area is 154 Å². The number of benzene rings is 1. The van der Waals surface area contributed by atoms with Gasteiger partial charge in [0.1, 0.15) is 5.54 Å². The molecule has 1 atom stereocenters. The quantitative estimate of drug-likeness (QED) is 0.852. The van der Waals surface area contributed by atoms with E-state index in [-0.39, 0.29) is 17.7 Å². The second-order valence-corrected chi connectivity index (χ2v) is 8.11. The van der Waals surface area contributed by atoms with E-state index in [2.05, 4.69) is 29.4 Å². The van der Waals surface area contributed by atoms with Crippen LogP contribution in [0.3, 0.4) is 0 Å². The zero-order valence-electron chi connectivity index (χ0n) is 15.6. The highest BCUT2D eigenvalue weighted by molar-refractivity contribution is 6.06. The average molecular weight is 356 g/mol. The molecule has 2 N–H and O–H groups in total. The van der Waals surface area contributed by atoms with Gasteiger partial charge in [0.25, 0.3) is 0 Å². The van der Waals surface area contributed by atoms with Gasteiger partial charge in [0.15, 0.2) is 0 Å². The van der Waals surface area contributed by atoms with Crippen LogP contribution in [-0.4, -0.2) is 59.4 Å². The standard InChI is InChI=1S/C20H28N4O2/c1-14(2)24-10-7-15(13-24)18(25)23-11-8-20(9-12-23)19(26)21-16-5-3-4-6-17(16)22-20/h3-6,14-15,22H,7-13H2,1-2H3,(H,21,26)/t15-/m0/s1. The first-order valence-electron chi connectivity index (χ1n) is 9.70.